The molecule has 27 heavy (non-hydrogen) atoms. The van der Waals surface area contributed by atoms with Crippen molar-refractivity contribution in [1.29, 1.82) is 0 Å². The average molecular weight is 391 g/mol. The van der Waals surface area contributed by atoms with Crippen LogP contribution in [0, 0.1) is 0 Å². The van der Waals surface area contributed by atoms with Crippen LogP contribution >= 0.6 is 11.6 Å². The van der Waals surface area contributed by atoms with Crippen molar-refractivity contribution in [3.63, 3.8) is 0 Å². The minimum atomic E-state index is 0.149. The Balaban J connectivity index is 1.66. The first-order valence-corrected chi connectivity index (χ1v) is 9.86. The van der Waals surface area contributed by atoms with E-state index in [0.29, 0.717) is 26.1 Å². The highest BCUT2D eigenvalue weighted by atomic mass is 35.5. The van der Waals surface area contributed by atoms with Gasteiger partial charge in [-0.2, -0.15) is 0 Å². The fourth-order valence-corrected chi connectivity index (χ4v) is 3.41. The summed E-state index contributed by atoms with van der Waals surface area (Å²) in [7, 11) is 0. The second-order valence-corrected chi connectivity index (χ2v) is 7.09. The third-order valence-electron chi connectivity index (χ3n) is 4.88. The molecule has 0 bridgehead atoms. The van der Waals surface area contributed by atoms with Crippen molar-refractivity contribution in [3.05, 3.63) is 53.1 Å². The molecule has 0 atom stereocenters. The van der Waals surface area contributed by atoms with Gasteiger partial charge in [0.15, 0.2) is 0 Å². The Morgan fingerprint density at radius 3 is 2.81 bits per heavy atom. The Hall–Kier alpha value is -1.89. The molecule has 1 fully saturated rings. The number of morpholine rings is 1. The predicted molar refractivity (Wildman–Crippen MR) is 106 cm³/mol. The number of ether oxygens (including phenoxy) is 1. The smallest absolute Gasteiger partial charge is 0.222 e. The van der Waals surface area contributed by atoms with E-state index in [4.69, 9.17) is 16.3 Å². The Morgan fingerprint density at radius 1 is 1.30 bits per heavy atom. The molecule has 3 rings (SSSR count). The number of amides is 1. The lowest BCUT2D eigenvalue weighted by atomic mass is 10.2. The summed E-state index contributed by atoms with van der Waals surface area (Å²) in [4.78, 5) is 21.2. The number of hydrogen-bond donors (Lipinski definition) is 0. The van der Waals surface area contributed by atoms with Gasteiger partial charge in [0.05, 0.1) is 26.3 Å². The Bertz CT molecular complexity index is 743. The lowest BCUT2D eigenvalue weighted by Gasteiger charge is -2.30. The molecule has 0 radical (unpaired) electrons. The summed E-state index contributed by atoms with van der Waals surface area (Å²) in [6.45, 7) is 8.01. The third kappa shape index (κ3) is 5.54. The van der Waals surface area contributed by atoms with Crippen molar-refractivity contribution < 1.29 is 9.53 Å². The van der Waals surface area contributed by atoms with Crippen LogP contribution in [-0.4, -0.2) is 64.7 Å². The number of rotatable bonds is 8. The Labute approximate surface area is 165 Å². The molecule has 7 heteroatoms. The van der Waals surface area contributed by atoms with Gasteiger partial charge in [0.1, 0.15) is 5.82 Å². The minimum absolute atomic E-state index is 0.149. The molecule has 6 nitrogen and oxygen atoms in total. The first kappa shape index (κ1) is 19.9. The number of imidazole rings is 1. The predicted octanol–water partition coefficient (Wildman–Crippen LogP) is 2.66. The molecular weight excluding hydrogens is 364 g/mol. The minimum Gasteiger partial charge on any atom is -0.379 e. The molecule has 1 aliphatic heterocycles. The highest BCUT2D eigenvalue weighted by Crippen LogP contribution is 2.17. The molecule has 2 aromatic rings. The normalized spacial score (nSPS) is 15.0. The lowest BCUT2D eigenvalue weighted by molar-refractivity contribution is -0.132. The van der Waals surface area contributed by atoms with Crippen LogP contribution in [0.4, 0.5) is 0 Å². The van der Waals surface area contributed by atoms with E-state index in [0.717, 1.165) is 49.3 Å². The van der Waals surface area contributed by atoms with E-state index in [-0.39, 0.29) is 5.91 Å². The zero-order valence-corrected chi connectivity index (χ0v) is 16.6. The molecule has 146 valence electrons. The van der Waals surface area contributed by atoms with E-state index in [1.807, 2.05) is 42.3 Å². The van der Waals surface area contributed by atoms with E-state index < -0.39 is 0 Å². The van der Waals surface area contributed by atoms with Gasteiger partial charge in [0.2, 0.25) is 5.91 Å². The second kappa shape index (κ2) is 9.88. The monoisotopic (exact) mass is 390 g/mol. The Kier molecular flexibility index (Phi) is 7.26. The van der Waals surface area contributed by atoms with E-state index >= 15 is 0 Å². The molecule has 0 N–H and O–H groups in total. The van der Waals surface area contributed by atoms with Crippen LogP contribution in [0.3, 0.4) is 0 Å². The van der Waals surface area contributed by atoms with Crippen molar-refractivity contribution in [3.8, 4) is 0 Å². The zero-order chi connectivity index (χ0) is 19.1. The molecular formula is C20H27ClN4O2. The number of nitrogens with zero attached hydrogens (tertiary/aromatic N) is 4. The van der Waals surface area contributed by atoms with Crippen molar-refractivity contribution in [2.75, 3.05) is 39.4 Å². The van der Waals surface area contributed by atoms with Crippen LogP contribution in [0.25, 0.3) is 0 Å². The van der Waals surface area contributed by atoms with E-state index in [2.05, 4.69) is 14.5 Å². The van der Waals surface area contributed by atoms with Crippen molar-refractivity contribution in [1.82, 2.24) is 19.4 Å². The lowest BCUT2D eigenvalue weighted by Crippen LogP contribution is -2.43. The molecule has 1 aromatic carbocycles. The molecule has 1 aliphatic rings. The van der Waals surface area contributed by atoms with Gasteiger partial charge < -0.3 is 14.2 Å². The number of halogens is 1. The van der Waals surface area contributed by atoms with Gasteiger partial charge in [0, 0.05) is 50.0 Å². The summed E-state index contributed by atoms with van der Waals surface area (Å²) in [5.41, 5.74) is 1.04. The SMILES string of the molecule is CCC(=O)N(CCN1CCOCC1)Cc1nccn1Cc1ccccc1Cl. The Morgan fingerprint density at radius 2 is 2.07 bits per heavy atom. The summed E-state index contributed by atoms with van der Waals surface area (Å²) in [5, 5.41) is 0.742. The quantitative estimate of drug-likeness (QED) is 0.695. The summed E-state index contributed by atoms with van der Waals surface area (Å²) in [6.07, 6.45) is 4.21. The maximum Gasteiger partial charge on any atom is 0.222 e. The number of benzene rings is 1. The van der Waals surface area contributed by atoms with Gasteiger partial charge in [-0.3, -0.25) is 9.69 Å². The van der Waals surface area contributed by atoms with Gasteiger partial charge in [-0.25, -0.2) is 4.98 Å². The fourth-order valence-electron chi connectivity index (χ4n) is 3.22. The van der Waals surface area contributed by atoms with Crippen LogP contribution in [-0.2, 0) is 22.6 Å². The van der Waals surface area contributed by atoms with Crippen LogP contribution < -0.4 is 0 Å². The third-order valence-corrected chi connectivity index (χ3v) is 5.25. The largest absolute Gasteiger partial charge is 0.379 e. The average Bonchev–Trinajstić information content (AvgIpc) is 3.13. The van der Waals surface area contributed by atoms with E-state index in [1.54, 1.807) is 6.20 Å². The fraction of sp³-hybridized carbons (Fsp3) is 0.500. The molecule has 1 amide bonds. The summed E-state index contributed by atoms with van der Waals surface area (Å²) >= 11 is 6.29. The molecule has 1 aromatic heterocycles. The summed E-state index contributed by atoms with van der Waals surface area (Å²) in [5.74, 6) is 1.02. The van der Waals surface area contributed by atoms with Gasteiger partial charge in [-0.15, -0.1) is 0 Å². The molecule has 1 saturated heterocycles. The highest BCUT2D eigenvalue weighted by Gasteiger charge is 2.18. The van der Waals surface area contributed by atoms with Crippen LogP contribution in [0.5, 0.6) is 0 Å². The maximum atomic E-state index is 12.5. The molecule has 2 heterocycles. The number of hydrogen-bond acceptors (Lipinski definition) is 4. The van der Waals surface area contributed by atoms with Crippen molar-refractivity contribution in [2.45, 2.75) is 26.4 Å². The van der Waals surface area contributed by atoms with Gasteiger partial charge in [0.25, 0.3) is 0 Å². The maximum absolute atomic E-state index is 12.5. The first-order valence-electron chi connectivity index (χ1n) is 9.48. The zero-order valence-electron chi connectivity index (χ0n) is 15.8. The van der Waals surface area contributed by atoms with Gasteiger partial charge in [-0.1, -0.05) is 36.7 Å². The first-order chi connectivity index (χ1) is 13.2. The molecule has 0 unspecified atom stereocenters. The summed E-state index contributed by atoms with van der Waals surface area (Å²) < 4.78 is 7.46. The standard InChI is InChI=1S/C20H27ClN4O2/c1-2-20(26)25(10-9-23-11-13-27-14-12-23)16-19-22-7-8-24(19)15-17-5-3-4-6-18(17)21/h3-8H,2,9-16H2,1H3. The van der Waals surface area contributed by atoms with E-state index in [9.17, 15) is 4.79 Å². The van der Waals surface area contributed by atoms with Crippen LogP contribution in [0.2, 0.25) is 5.02 Å². The highest BCUT2D eigenvalue weighted by molar-refractivity contribution is 6.31. The van der Waals surface area contributed by atoms with Crippen LogP contribution in [0.15, 0.2) is 36.7 Å². The molecule has 0 spiro atoms. The summed E-state index contributed by atoms with van der Waals surface area (Å²) in [6, 6.07) is 7.81. The number of carbonyl (C=O) groups excluding carboxylic acids is 1. The topological polar surface area (TPSA) is 50.6 Å². The van der Waals surface area contributed by atoms with Crippen LogP contribution in [0.1, 0.15) is 24.7 Å². The van der Waals surface area contributed by atoms with E-state index in [1.165, 1.54) is 0 Å². The van der Waals surface area contributed by atoms with Gasteiger partial charge in [-0.05, 0) is 11.6 Å². The second-order valence-electron chi connectivity index (χ2n) is 6.69. The molecule has 0 aliphatic carbocycles. The molecule has 0 saturated carbocycles. The van der Waals surface area contributed by atoms with Gasteiger partial charge >= 0.3 is 0 Å². The van der Waals surface area contributed by atoms with Crippen molar-refractivity contribution >= 4 is 17.5 Å². The van der Waals surface area contributed by atoms with Crippen molar-refractivity contribution in [2.24, 2.45) is 0 Å². The number of aromatic nitrogens is 2. The number of carbonyl (C=O) groups is 1.